The first-order valence-electron chi connectivity index (χ1n) is 6.94. The Hall–Kier alpha value is -1.35. The molecule has 1 aromatic carbocycles. The number of nitrogens with zero attached hydrogens (tertiary/aromatic N) is 1. The molecule has 1 amide bonds. The van der Waals surface area contributed by atoms with Gasteiger partial charge < -0.3 is 10.6 Å². The SMILES string of the molecule is Cc1ccc(CN(C(=O)[C@@H](N)C(C)C)C(C)C)cc1. The number of rotatable bonds is 5. The van der Waals surface area contributed by atoms with Crippen LogP contribution in [0.2, 0.25) is 0 Å². The Morgan fingerprint density at radius 2 is 1.68 bits per heavy atom. The molecule has 3 heteroatoms. The zero-order valence-corrected chi connectivity index (χ0v) is 12.7. The average molecular weight is 262 g/mol. The van der Waals surface area contributed by atoms with Crippen molar-refractivity contribution in [3.8, 4) is 0 Å². The first-order chi connectivity index (χ1) is 8.82. The molecule has 0 aliphatic heterocycles. The summed E-state index contributed by atoms with van der Waals surface area (Å²) in [5.41, 5.74) is 8.35. The van der Waals surface area contributed by atoms with Gasteiger partial charge in [0.05, 0.1) is 6.04 Å². The molecule has 0 unspecified atom stereocenters. The molecule has 1 atom stereocenters. The van der Waals surface area contributed by atoms with Gasteiger partial charge in [-0.2, -0.15) is 0 Å². The number of hydrogen-bond donors (Lipinski definition) is 1. The predicted octanol–water partition coefficient (Wildman–Crippen LogP) is 2.72. The zero-order valence-electron chi connectivity index (χ0n) is 12.7. The van der Waals surface area contributed by atoms with Gasteiger partial charge in [-0.05, 0) is 32.3 Å². The molecular formula is C16H26N2O. The van der Waals surface area contributed by atoms with E-state index in [2.05, 4.69) is 31.2 Å². The smallest absolute Gasteiger partial charge is 0.240 e. The molecule has 0 heterocycles. The number of aryl methyl sites for hydroxylation is 1. The van der Waals surface area contributed by atoms with E-state index in [1.807, 2.05) is 32.6 Å². The van der Waals surface area contributed by atoms with Crippen molar-refractivity contribution in [2.24, 2.45) is 11.7 Å². The summed E-state index contributed by atoms with van der Waals surface area (Å²) < 4.78 is 0. The van der Waals surface area contributed by atoms with Gasteiger partial charge in [-0.15, -0.1) is 0 Å². The van der Waals surface area contributed by atoms with E-state index in [1.54, 1.807) is 0 Å². The minimum absolute atomic E-state index is 0.0329. The highest BCUT2D eigenvalue weighted by Gasteiger charge is 2.25. The number of carbonyl (C=O) groups excluding carboxylic acids is 1. The second-order valence-corrected chi connectivity index (χ2v) is 5.82. The summed E-state index contributed by atoms with van der Waals surface area (Å²) in [6.07, 6.45) is 0. The van der Waals surface area contributed by atoms with Gasteiger partial charge in [-0.3, -0.25) is 4.79 Å². The number of hydrogen-bond acceptors (Lipinski definition) is 2. The maximum absolute atomic E-state index is 12.4. The Balaban J connectivity index is 2.84. The van der Waals surface area contributed by atoms with Crippen molar-refractivity contribution in [1.29, 1.82) is 0 Å². The van der Waals surface area contributed by atoms with E-state index in [0.717, 1.165) is 5.56 Å². The summed E-state index contributed by atoms with van der Waals surface area (Å²) in [6, 6.07) is 8.01. The molecule has 0 bridgehead atoms. The van der Waals surface area contributed by atoms with Gasteiger partial charge in [-0.1, -0.05) is 43.7 Å². The maximum Gasteiger partial charge on any atom is 0.240 e. The Labute approximate surface area is 116 Å². The summed E-state index contributed by atoms with van der Waals surface area (Å²) in [5, 5.41) is 0. The molecule has 0 saturated carbocycles. The Morgan fingerprint density at radius 3 is 2.11 bits per heavy atom. The van der Waals surface area contributed by atoms with Crippen LogP contribution in [0.1, 0.15) is 38.8 Å². The molecule has 0 aromatic heterocycles. The minimum Gasteiger partial charge on any atom is -0.335 e. The molecule has 2 N–H and O–H groups in total. The van der Waals surface area contributed by atoms with Crippen molar-refractivity contribution >= 4 is 5.91 Å². The molecule has 0 saturated heterocycles. The maximum atomic E-state index is 12.4. The highest BCUT2D eigenvalue weighted by molar-refractivity contribution is 5.82. The van der Waals surface area contributed by atoms with Gasteiger partial charge in [0.1, 0.15) is 0 Å². The van der Waals surface area contributed by atoms with E-state index in [0.29, 0.717) is 6.54 Å². The van der Waals surface area contributed by atoms with Crippen molar-refractivity contribution in [2.45, 2.75) is 53.2 Å². The monoisotopic (exact) mass is 262 g/mol. The van der Waals surface area contributed by atoms with Crippen LogP contribution < -0.4 is 5.73 Å². The lowest BCUT2D eigenvalue weighted by Crippen LogP contribution is -2.48. The number of carbonyl (C=O) groups is 1. The normalized spacial score (nSPS) is 12.8. The van der Waals surface area contributed by atoms with Gasteiger partial charge in [0.25, 0.3) is 0 Å². The summed E-state index contributed by atoms with van der Waals surface area (Å²) in [7, 11) is 0. The van der Waals surface area contributed by atoms with Crippen LogP contribution in [0.3, 0.4) is 0 Å². The van der Waals surface area contributed by atoms with Crippen molar-refractivity contribution in [2.75, 3.05) is 0 Å². The highest BCUT2D eigenvalue weighted by Crippen LogP contribution is 2.13. The van der Waals surface area contributed by atoms with E-state index in [1.165, 1.54) is 5.56 Å². The summed E-state index contributed by atoms with van der Waals surface area (Å²) in [4.78, 5) is 14.3. The topological polar surface area (TPSA) is 46.3 Å². The quantitative estimate of drug-likeness (QED) is 0.887. The van der Waals surface area contributed by atoms with Crippen LogP contribution in [-0.2, 0) is 11.3 Å². The lowest BCUT2D eigenvalue weighted by molar-refractivity contribution is -0.136. The number of benzene rings is 1. The third-order valence-corrected chi connectivity index (χ3v) is 3.38. The van der Waals surface area contributed by atoms with Crippen molar-refractivity contribution in [3.63, 3.8) is 0 Å². The van der Waals surface area contributed by atoms with Gasteiger partial charge in [0.15, 0.2) is 0 Å². The average Bonchev–Trinajstić information content (AvgIpc) is 2.35. The molecule has 3 nitrogen and oxygen atoms in total. The minimum atomic E-state index is -0.423. The second-order valence-electron chi connectivity index (χ2n) is 5.82. The lowest BCUT2D eigenvalue weighted by atomic mass is 10.0. The molecule has 1 rings (SSSR count). The number of amides is 1. The van der Waals surface area contributed by atoms with Gasteiger partial charge in [0.2, 0.25) is 5.91 Å². The standard InChI is InChI=1S/C16H26N2O/c1-11(2)15(17)16(19)18(12(3)4)10-14-8-6-13(5)7-9-14/h6-9,11-12,15H,10,17H2,1-5H3/t15-/m0/s1. The van der Waals surface area contributed by atoms with Crippen LogP contribution in [0.5, 0.6) is 0 Å². The number of nitrogens with two attached hydrogens (primary N) is 1. The van der Waals surface area contributed by atoms with E-state index in [-0.39, 0.29) is 17.9 Å². The van der Waals surface area contributed by atoms with E-state index < -0.39 is 6.04 Å². The molecule has 19 heavy (non-hydrogen) atoms. The largest absolute Gasteiger partial charge is 0.335 e. The third kappa shape index (κ3) is 4.35. The predicted molar refractivity (Wildman–Crippen MR) is 79.7 cm³/mol. The van der Waals surface area contributed by atoms with Gasteiger partial charge in [-0.25, -0.2) is 0 Å². The Bertz CT molecular complexity index is 409. The van der Waals surface area contributed by atoms with Crippen LogP contribution >= 0.6 is 0 Å². The van der Waals surface area contributed by atoms with Crippen molar-refractivity contribution < 1.29 is 4.79 Å². The fourth-order valence-corrected chi connectivity index (χ4v) is 1.88. The summed E-state index contributed by atoms with van der Waals surface area (Å²) in [5.74, 6) is 0.192. The molecule has 0 fully saturated rings. The molecule has 0 aliphatic rings. The molecule has 0 aliphatic carbocycles. The first-order valence-corrected chi connectivity index (χ1v) is 6.94. The van der Waals surface area contributed by atoms with Crippen molar-refractivity contribution in [3.05, 3.63) is 35.4 Å². The van der Waals surface area contributed by atoms with E-state index >= 15 is 0 Å². The fourth-order valence-electron chi connectivity index (χ4n) is 1.88. The van der Waals surface area contributed by atoms with Gasteiger partial charge >= 0.3 is 0 Å². The van der Waals surface area contributed by atoms with Crippen molar-refractivity contribution in [1.82, 2.24) is 4.90 Å². The second kappa shape index (κ2) is 6.71. The van der Waals surface area contributed by atoms with Crippen LogP contribution in [0.4, 0.5) is 0 Å². The molecule has 106 valence electrons. The molecule has 0 radical (unpaired) electrons. The van der Waals surface area contributed by atoms with Crippen LogP contribution in [0.15, 0.2) is 24.3 Å². The third-order valence-electron chi connectivity index (χ3n) is 3.38. The fraction of sp³-hybridized carbons (Fsp3) is 0.562. The van der Waals surface area contributed by atoms with Crippen LogP contribution in [0.25, 0.3) is 0 Å². The molecule has 1 aromatic rings. The molecule has 0 spiro atoms. The van der Waals surface area contributed by atoms with E-state index in [4.69, 9.17) is 5.73 Å². The highest BCUT2D eigenvalue weighted by atomic mass is 16.2. The molecular weight excluding hydrogens is 236 g/mol. The van der Waals surface area contributed by atoms with Gasteiger partial charge in [0, 0.05) is 12.6 Å². The van der Waals surface area contributed by atoms with E-state index in [9.17, 15) is 4.79 Å². The lowest BCUT2D eigenvalue weighted by Gasteiger charge is -2.30. The summed E-state index contributed by atoms with van der Waals surface area (Å²) >= 11 is 0. The summed E-state index contributed by atoms with van der Waals surface area (Å²) in [6.45, 7) is 10.7. The van der Waals surface area contributed by atoms with Crippen LogP contribution in [0, 0.1) is 12.8 Å². The Kier molecular flexibility index (Phi) is 5.55. The van der Waals surface area contributed by atoms with Crippen LogP contribution in [-0.4, -0.2) is 22.9 Å². The first kappa shape index (κ1) is 15.7. The zero-order chi connectivity index (χ0) is 14.6. The Morgan fingerprint density at radius 1 is 1.16 bits per heavy atom.